The van der Waals surface area contributed by atoms with Crippen LogP contribution in [0.25, 0.3) is 20.9 Å². The van der Waals surface area contributed by atoms with Crippen LogP contribution >= 0.6 is 46.0 Å². The minimum Gasteiger partial charge on any atom is -0.462 e. The normalized spacial score (nSPS) is 11.1. The second-order valence-electron chi connectivity index (χ2n) is 6.11. The molecule has 1 N–H and O–H groups in total. The Hall–Kier alpha value is -2.47. The van der Waals surface area contributed by atoms with Gasteiger partial charge in [-0.3, -0.25) is 4.79 Å². The van der Waals surface area contributed by atoms with Crippen molar-refractivity contribution in [2.75, 3.05) is 17.7 Å². The lowest BCUT2D eigenvalue weighted by molar-refractivity contribution is -0.113. The third kappa shape index (κ3) is 4.74. The van der Waals surface area contributed by atoms with Crippen LogP contribution in [0.4, 0.5) is 5.13 Å². The predicted octanol–water partition coefficient (Wildman–Crippen LogP) is 5.28. The molecule has 0 aliphatic rings. The summed E-state index contributed by atoms with van der Waals surface area (Å²) in [6.45, 7) is 3.69. The first-order valence-corrected chi connectivity index (χ1v) is 12.0. The molecule has 0 aliphatic carbocycles. The topological polar surface area (TPSA) is 107 Å². The van der Waals surface area contributed by atoms with Gasteiger partial charge in [0.05, 0.1) is 23.1 Å². The van der Waals surface area contributed by atoms with Crippen molar-refractivity contribution in [3.8, 4) is 10.8 Å². The SMILES string of the molecule is CCOC(=O)c1sc(NC(=O)CSc2nnc(-c3sc4ccccc4c3Cl)o2)nc1C. The highest BCUT2D eigenvalue weighted by Gasteiger charge is 2.20. The number of benzene rings is 1. The van der Waals surface area contributed by atoms with E-state index >= 15 is 0 Å². The van der Waals surface area contributed by atoms with E-state index in [1.54, 1.807) is 13.8 Å². The predicted molar refractivity (Wildman–Crippen MR) is 122 cm³/mol. The van der Waals surface area contributed by atoms with Gasteiger partial charge in [-0.25, -0.2) is 9.78 Å². The summed E-state index contributed by atoms with van der Waals surface area (Å²) in [6, 6.07) is 7.76. The number of thiazole rings is 1. The van der Waals surface area contributed by atoms with Gasteiger partial charge in [0.15, 0.2) is 5.13 Å². The number of carbonyl (C=O) groups excluding carboxylic acids is 2. The third-order valence-electron chi connectivity index (χ3n) is 3.97. The molecular weight excluding hydrogens is 480 g/mol. The number of carbonyl (C=O) groups is 2. The molecule has 0 aliphatic heterocycles. The fraction of sp³-hybridized carbons (Fsp3) is 0.211. The molecule has 0 spiro atoms. The summed E-state index contributed by atoms with van der Waals surface area (Å²) in [5, 5.41) is 12.8. The maximum atomic E-state index is 12.3. The molecule has 1 aromatic carbocycles. The molecule has 0 saturated heterocycles. The van der Waals surface area contributed by atoms with E-state index in [2.05, 4.69) is 20.5 Å². The van der Waals surface area contributed by atoms with E-state index < -0.39 is 5.97 Å². The van der Waals surface area contributed by atoms with Crippen LogP contribution in [0.2, 0.25) is 5.02 Å². The minimum absolute atomic E-state index is 0.0369. The van der Waals surface area contributed by atoms with E-state index in [1.807, 2.05) is 24.3 Å². The van der Waals surface area contributed by atoms with Gasteiger partial charge in [-0.1, -0.05) is 52.9 Å². The molecule has 0 fully saturated rings. The van der Waals surface area contributed by atoms with Gasteiger partial charge in [0.25, 0.3) is 11.1 Å². The number of aryl methyl sites for hydroxylation is 1. The number of hydrogen-bond donors (Lipinski definition) is 1. The number of amides is 1. The molecule has 160 valence electrons. The van der Waals surface area contributed by atoms with Gasteiger partial charge < -0.3 is 14.5 Å². The Labute approximate surface area is 194 Å². The first kappa shape index (κ1) is 21.8. The standard InChI is InChI=1S/C19H15ClN4O4S3/c1-3-27-17(26)14-9(2)21-18(31-14)22-12(25)8-29-19-24-23-16(28-19)15-13(20)10-6-4-5-7-11(10)30-15/h4-7H,3,8H2,1-2H3,(H,21,22,25). The molecule has 0 saturated carbocycles. The van der Waals surface area contributed by atoms with Crippen LogP contribution in [-0.4, -0.2) is 39.4 Å². The van der Waals surface area contributed by atoms with E-state index in [-0.39, 0.29) is 23.5 Å². The number of thiophene rings is 1. The average molecular weight is 495 g/mol. The van der Waals surface area contributed by atoms with Gasteiger partial charge in [-0.15, -0.1) is 21.5 Å². The van der Waals surface area contributed by atoms with Gasteiger partial charge in [0.2, 0.25) is 5.91 Å². The van der Waals surface area contributed by atoms with Crippen molar-refractivity contribution in [2.24, 2.45) is 0 Å². The molecule has 3 aromatic heterocycles. The number of nitrogens with one attached hydrogen (secondary N) is 1. The number of fused-ring (bicyclic) bond motifs is 1. The van der Waals surface area contributed by atoms with Gasteiger partial charge in [-0.05, 0) is 19.9 Å². The fourth-order valence-electron chi connectivity index (χ4n) is 2.63. The summed E-state index contributed by atoms with van der Waals surface area (Å²) in [5.74, 6) is -0.419. The first-order chi connectivity index (χ1) is 15.0. The number of ether oxygens (including phenoxy) is 1. The second kappa shape index (κ2) is 9.35. The Balaban J connectivity index is 1.38. The molecule has 0 atom stereocenters. The van der Waals surface area contributed by atoms with E-state index in [0.29, 0.717) is 31.5 Å². The largest absolute Gasteiger partial charge is 0.462 e. The Morgan fingerprint density at radius 2 is 2.06 bits per heavy atom. The first-order valence-electron chi connectivity index (χ1n) is 9.04. The summed E-state index contributed by atoms with van der Waals surface area (Å²) in [6.07, 6.45) is 0. The number of anilines is 1. The second-order valence-corrected chi connectivity index (χ2v) is 9.46. The molecular formula is C19H15ClN4O4S3. The monoisotopic (exact) mass is 494 g/mol. The highest BCUT2D eigenvalue weighted by atomic mass is 35.5. The smallest absolute Gasteiger partial charge is 0.350 e. The van der Waals surface area contributed by atoms with Crippen molar-refractivity contribution in [1.29, 1.82) is 0 Å². The average Bonchev–Trinajstić information content (AvgIpc) is 3.44. The summed E-state index contributed by atoms with van der Waals surface area (Å²) in [5.41, 5.74) is 0.508. The lowest BCUT2D eigenvalue weighted by Crippen LogP contribution is -2.13. The van der Waals surface area contributed by atoms with Crippen molar-refractivity contribution in [3.63, 3.8) is 0 Å². The van der Waals surface area contributed by atoms with Gasteiger partial charge in [0, 0.05) is 10.1 Å². The van der Waals surface area contributed by atoms with Crippen molar-refractivity contribution in [1.82, 2.24) is 15.2 Å². The van der Waals surface area contributed by atoms with Crippen molar-refractivity contribution in [2.45, 2.75) is 19.1 Å². The van der Waals surface area contributed by atoms with Crippen LogP contribution in [0.15, 0.2) is 33.9 Å². The maximum Gasteiger partial charge on any atom is 0.350 e. The van der Waals surface area contributed by atoms with E-state index in [9.17, 15) is 9.59 Å². The summed E-state index contributed by atoms with van der Waals surface area (Å²) in [4.78, 5) is 29.4. The Kier molecular flexibility index (Phi) is 6.56. The summed E-state index contributed by atoms with van der Waals surface area (Å²) >= 11 is 10.1. The Morgan fingerprint density at radius 3 is 2.84 bits per heavy atom. The van der Waals surface area contributed by atoms with E-state index in [4.69, 9.17) is 20.8 Å². The molecule has 0 unspecified atom stereocenters. The summed E-state index contributed by atoms with van der Waals surface area (Å²) < 4.78 is 11.7. The fourth-order valence-corrected chi connectivity index (χ4v) is 5.50. The van der Waals surface area contributed by atoms with E-state index in [0.717, 1.165) is 33.2 Å². The van der Waals surface area contributed by atoms with Crippen LogP contribution in [0.1, 0.15) is 22.3 Å². The van der Waals surface area contributed by atoms with Crippen molar-refractivity contribution >= 4 is 73.1 Å². The molecule has 3 heterocycles. The van der Waals surface area contributed by atoms with E-state index in [1.165, 1.54) is 11.3 Å². The van der Waals surface area contributed by atoms with Crippen LogP contribution in [-0.2, 0) is 9.53 Å². The highest BCUT2D eigenvalue weighted by Crippen LogP contribution is 2.41. The number of nitrogens with zero attached hydrogens (tertiary/aromatic N) is 3. The number of hydrogen-bond acceptors (Lipinski definition) is 10. The number of aromatic nitrogens is 3. The molecule has 8 nitrogen and oxygen atoms in total. The lowest BCUT2D eigenvalue weighted by Gasteiger charge is -1.99. The Morgan fingerprint density at radius 1 is 1.26 bits per heavy atom. The third-order valence-corrected chi connectivity index (χ3v) is 7.50. The Bertz CT molecular complexity index is 1270. The number of thioether (sulfide) groups is 1. The van der Waals surface area contributed by atoms with Crippen molar-refractivity contribution in [3.05, 3.63) is 39.9 Å². The molecule has 1 amide bonds. The van der Waals surface area contributed by atoms with Crippen molar-refractivity contribution < 1.29 is 18.7 Å². The number of esters is 1. The quantitative estimate of drug-likeness (QED) is 0.273. The van der Waals surface area contributed by atoms with Gasteiger partial charge >= 0.3 is 5.97 Å². The number of halogens is 1. The molecule has 12 heteroatoms. The minimum atomic E-state index is -0.453. The molecule has 0 bridgehead atoms. The lowest BCUT2D eigenvalue weighted by atomic mass is 10.2. The van der Waals surface area contributed by atoms with Crippen LogP contribution < -0.4 is 5.32 Å². The zero-order valence-electron chi connectivity index (χ0n) is 16.3. The van der Waals surface area contributed by atoms with Crippen LogP contribution in [0, 0.1) is 6.92 Å². The maximum absolute atomic E-state index is 12.3. The van der Waals surface area contributed by atoms with Crippen LogP contribution in [0.3, 0.4) is 0 Å². The zero-order valence-corrected chi connectivity index (χ0v) is 19.5. The number of rotatable bonds is 7. The van der Waals surface area contributed by atoms with Gasteiger partial charge in [0.1, 0.15) is 9.75 Å². The zero-order chi connectivity index (χ0) is 22.0. The van der Waals surface area contributed by atoms with Crippen LogP contribution in [0.5, 0.6) is 0 Å². The highest BCUT2D eigenvalue weighted by molar-refractivity contribution is 7.99. The molecule has 4 rings (SSSR count). The molecule has 4 aromatic rings. The van der Waals surface area contributed by atoms with Gasteiger partial charge in [-0.2, -0.15) is 0 Å². The summed E-state index contributed by atoms with van der Waals surface area (Å²) in [7, 11) is 0. The molecule has 31 heavy (non-hydrogen) atoms. The molecule has 0 radical (unpaired) electrons.